The Morgan fingerprint density at radius 1 is 1.10 bits per heavy atom. The Hall–Kier alpha value is -0.610. The standard InChI is InChI=1S/C16H30N2O2/c19-12-6-10-15-9-5-11-18(15)13-16(20)17-14-7-3-1-2-4-8-14/h14-15,19H,1-13H2,(H,17,20). The van der Waals surface area contributed by atoms with Gasteiger partial charge in [-0.1, -0.05) is 25.7 Å². The molecule has 1 unspecified atom stereocenters. The summed E-state index contributed by atoms with van der Waals surface area (Å²) >= 11 is 0. The first kappa shape index (κ1) is 15.8. The molecule has 0 radical (unpaired) electrons. The summed E-state index contributed by atoms with van der Waals surface area (Å²) in [6, 6.07) is 0.908. The minimum absolute atomic E-state index is 0.202. The zero-order valence-electron chi connectivity index (χ0n) is 12.6. The van der Waals surface area contributed by atoms with Crippen LogP contribution in [0.1, 0.15) is 64.2 Å². The van der Waals surface area contributed by atoms with Gasteiger partial charge in [-0.25, -0.2) is 0 Å². The summed E-state index contributed by atoms with van der Waals surface area (Å²) in [4.78, 5) is 14.5. The molecule has 116 valence electrons. The van der Waals surface area contributed by atoms with Crippen molar-refractivity contribution in [3.63, 3.8) is 0 Å². The largest absolute Gasteiger partial charge is 0.396 e. The van der Waals surface area contributed by atoms with Crippen molar-refractivity contribution in [2.24, 2.45) is 0 Å². The average Bonchev–Trinajstić information content (AvgIpc) is 2.70. The Morgan fingerprint density at radius 3 is 2.55 bits per heavy atom. The Bertz CT molecular complexity index is 288. The van der Waals surface area contributed by atoms with Crippen LogP contribution in [0.25, 0.3) is 0 Å². The Labute approximate surface area is 122 Å². The fourth-order valence-corrected chi connectivity index (χ4v) is 3.64. The van der Waals surface area contributed by atoms with Crippen LogP contribution in [0.15, 0.2) is 0 Å². The maximum Gasteiger partial charge on any atom is 0.234 e. The van der Waals surface area contributed by atoms with Gasteiger partial charge >= 0.3 is 0 Å². The second-order valence-corrected chi connectivity index (χ2v) is 6.39. The number of carbonyl (C=O) groups is 1. The second kappa shape index (κ2) is 8.63. The molecule has 1 saturated heterocycles. The van der Waals surface area contributed by atoms with Crippen molar-refractivity contribution in [3.05, 3.63) is 0 Å². The SMILES string of the molecule is O=C(CN1CCCC1CCCO)NC1CCCCCC1. The Kier molecular flexibility index (Phi) is 6.80. The molecular weight excluding hydrogens is 252 g/mol. The van der Waals surface area contributed by atoms with Crippen molar-refractivity contribution >= 4 is 5.91 Å². The third-order valence-electron chi connectivity index (χ3n) is 4.76. The van der Waals surface area contributed by atoms with Crippen LogP contribution in [-0.2, 0) is 4.79 Å². The third kappa shape index (κ3) is 5.06. The highest BCUT2D eigenvalue weighted by Gasteiger charge is 2.26. The molecule has 2 rings (SSSR count). The highest BCUT2D eigenvalue weighted by atomic mass is 16.3. The zero-order chi connectivity index (χ0) is 14.2. The van der Waals surface area contributed by atoms with E-state index in [0.717, 1.165) is 32.2 Å². The molecule has 0 spiro atoms. The van der Waals surface area contributed by atoms with Crippen molar-refractivity contribution in [1.82, 2.24) is 10.2 Å². The lowest BCUT2D eigenvalue weighted by atomic mass is 10.1. The maximum absolute atomic E-state index is 12.2. The molecule has 1 atom stereocenters. The van der Waals surface area contributed by atoms with Gasteiger partial charge in [-0.15, -0.1) is 0 Å². The van der Waals surface area contributed by atoms with E-state index in [1.807, 2.05) is 0 Å². The van der Waals surface area contributed by atoms with Crippen LogP contribution < -0.4 is 5.32 Å². The number of carbonyl (C=O) groups excluding carboxylic acids is 1. The van der Waals surface area contributed by atoms with Crippen LogP contribution in [0.5, 0.6) is 0 Å². The molecule has 4 heteroatoms. The van der Waals surface area contributed by atoms with E-state index in [9.17, 15) is 4.79 Å². The second-order valence-electron chi connectivity index (χ2n) is 6.39. The minimum Gasteiger partial charge on any atom is -0.396 e. The third-order valence-corrected chi connectivity index (χ3v) is 4.76. The zero-order valence-corrected chi connectivity index (χ0v) is 12.6. The summed E-state index contributed by atoms with van der Waals surface area (Å²) in [5.74, 6) is 0.202. The highest BCUT2D eigenvalue weighted by Crippen LogP contribution is 2.21. The predicted octanol–water partition coefficient (Wildman–Crippen LogP) is 2.06. The van der Waals surface area contributed by atoms with Crippen molar-refractivity contribution in [2.75, 3.05) is 19.7 Å². The maximum atomic E-state index is 12.2. The van der Waals surface area contributed by atoms with Gasteiger partial charge in [-0.3, -0.25) is 9.69 Å². The molecule has 0 aromatic heterocycles. The summed E-state index contributed by atoms with van der Waals surface area (Å²) < 4.78 is 0. The predicted molar refractivity (Wildman–Crippen MR) is 80.5 cm³/mol. The first-order valence-corrected chi connectivity index (χ1v) is 8.44. The van der Waals surface area contributed by atoms with E-state index in [2.05, 4.69) is 10.2 Å². The van der Waals surface area contributed by atoms with Crippen LogP contribution in [0.2, 0.25) is 0 Å². The number of nitrogens with zero attached hydrogens (tertiary/aromatic N) is 1. The van der Waals surface area contributed by atoms with E-state index < -0.39 is 0 Å². The molecule has 2 aliphatic rings. The van der Waals surface area contributed by atoms with Gasteiger partial charge in [0.05, 0.1) is 6.54 Å². The molecule has 1 aliphatic carbocycles. The van der Waals surface area contributed by atoms with Gasteiger partial charge in [0, 0.05) is 18.7 Å². The normalized spacial score (nSPS) is 25.6. The number of rotatable bonds is 6. The first-order valence-electron chi connectivity index (χ1n) is 8.44. The van der Waals surface area contributed by atoms with E-state index in [-0.39, 0.29) is 12.5 Å². The molecule has 20 heavy (non-hydrogen) atoms. The van der Waals surface area contributed by atoms with E-state index in [1.165, 1.54) is 38.5 Å². The molecule has 1 aliphatic heterocycles. The quantitative estimate of drug-likeness (QED) is 0.733. The lowest BCUT2D eigenvalue weighted by Gasteiger charge is -2.25. The van der Waals surface area contributed by atoms with Crippen LogP contribution in [0.4, 0.5) is 0 Å². The summed E-state index contributed by atoms with van der Waals surface area (Å²) in [6.45, 7) is 1.85. The number of hydrogen-bond acceptors (Lipinski definition) is 3. The number of hydrogen-bond donors (Lipinski definition) is 2. The van der Waals surface area contributed by atoms with Crippen LogP contribution in [0, 0.1) is 0 Å². The number of likely N-dealkylation sites (tertiary alicyclic amines) is 1. The molecule has 4 nitrogen and oxygen atoms in total. The van der Waals surface area contributed by atoms with E-state index in [0.29, 0.717) is 18.6 Å². The van der Waals surface area contributed by atoms with Gasteiger partial charge in [0.25, 0.3) is 0 Å². The molecular formula is C16H30N2O2. The van der Waals surface area contributed by atoms with Gasteiger partial charge in [0.2, 0.25) is 5.91 Å². The minimum atomic E-state index is 0.202. The Morgan fingerprint density at radius 2 is 1.85 bits per heavy atom. The molecule has 0 aromatic carbocycles. The van der Waals surface area contributed by atoms with Gasteiger partial charge in [0.15, 0.2) is 0 Å². The number of amides is 1. The smallest absolute Gasteiger partial charge is 0.234 e. The summed E-state index contributed by atoms with van der Waals surface area (Å²) in [5, 5.41) is 12.2. The van der Waals surface area contributed by atoms with E-state index >= 15 is 0 Å². The average molecular weight is 282 g/mol. The van der Waals surface area contributed by atoms with Crippen molar-refractivity contribution < 1.29 is 9.90 Å². The lowest BCUT2D eigenvalue weighted by molar-refractivity contribution is -0.123. The molecule has 1 saturated carbocycles. The molecule has 1 heterocycles. The van der Waals surface area contributed by atoms with Crippen LogP contribution in [-0.4, -0.2) is 47.7 Å². The first-order chi connectivity index (χ1) is 9.79. The van der Waals surface area contributed by atoms with E-state index in [1.54, 1.807) is 0 Å². The molecule has 2 N–H and O–H groups in total. The van der Waals surface area contributed by atoms with Gasteiger partial charge in [0.1, 0.15) is 0 Å². The summed E-state index contributed by atoms with van der Waals surface area (Å²) in [6.07, 6.45) is 11.7. The van der Waals surface area contributed by atoms with Crippen molar-refractivity contribution in [1.29, 1.82) is 0 Å². The highest BCUT2D eigenvalue weighted by molar-refractivity contribution is 5.78. The van der Waals surface area contributed by atoms with Gasteiger partial charge in [-0.05, 0) is 45.1 Å². The molecule has 0 bridgehead atoms. The topological polar surface area (TPSA) is 52.6 Å². The number of aliphatic hydroxyl groups excluding tert-OH is 1. The molecule has 2 fully saturated rings. The van der Waals surface area contributed by atoms with Gasteiger partial charge in [-0.2, -0.15) is 0 Å². The number of nitrogens with one attached hydrogen (secondary N) is 1. The summed E-state index contributed by atoms with van der Waals surface area (Å²) in [5.41, 5.74) is 0. The fourth-order valence-electron chi connectivity index (χ4n) is 3.64. The summed E-state index contributed by atoms with van der Waals surface area (Å²) in [7, 11) is 0. The van der Waals surface area contributed by atoms with Crippen molar-refractivity contribution in [2.45, 2.75) is 76.3 Å². The monoisotopic (exact) mass is 282 g/mol. The molecule has 1 amide bonds. The number of aliphatic hydroxyl groups is 1. The molecule has 0 aromatic rings. The van der Waals surface area contributed by atoms with Crippen LogP contribution in [0.3, 0.4) is 0 Å². The lowest BCUT2D eigenvalue weighted by Crippen LogP contribution is -2.43. The van der Waals surface area contributed by atoms with Crippen LogP contribution >= 0.6 is 0 Å². The fraction of sp³-hybridized carbons (Fsp3) is 0.938. The van der Waals surface area contributed by atoms with Crippen molar-refractivity contribution in [3.8, 4) is 0 Å². The van der Waals surface area contributed by atoms with E-state index in [4.69, 9.17) is 5.11 Å². The Balaban J connectivity index is 1.72. The van der Waals surface area contributed by atoms with Gasteiger partial charge < -0.3 is 10.4 Å².